The van der Waals surface area contributed by atoms with E-state index >= 15 is 0 Å². The molecule has 0 aliphatic rings. The minimum absolute atomic E-state index is 0.0413. The molecule has 0 unspecified atom stereocenters. The lowest BCUT2D eigenvalue weighted by molar-refractivity contribution is -0.137. The van der Waals surface area contributed by atoms with Crippen molar-refractivity contribution >= 4 is 19.7 Å². The summed E-state index contributed by atoms with van der Waals surface area (Å²) < 4.78 is 42.6. The van der Waals surface area contributed by atoms with Crippen molar-refractivity contribution in [1.82, 2.24) is 14.5 Å². The summed E-state index contributed by atoms with van der Waals surface area (Å²) in [7, 11) is 2.08. The maximum Gasteiger partial charge on any atom is 0.416 e. The third kappa shape index (κ3) is 7.07. The smallest absolute Gasteiger partial charge is 0.322 e. The van der Waals surface area contributed by atoms with Gasteiger partial charge in [0, 0.05) is 34.9 Å². The number of anilines is 1. The minimum atomic E-state index is -4.58. The summed E-state index contributed by atoms with van der Waals surface area (Å²) in [5.74, 6) is 3.23. The summed E-state index contributed by atoms with van der Waals surface area (Å²) in [5, 5.41) is 2.63. The van der Waals surface area contributed by atoms with E-state index in [1.54, 1.807) is 29.0 Å². The molecule has 9 heteroatoms. The van der Waals surface area contributed by atoms with Crippen LogP contribution in [0.15, 0.2) is 48.8 Å². The second-order valence-corrected chi connectivity index (χ2v) is 14.5. The standard InChI is InChI=1S/C26H29F3N4OSi/c1-18-7-8-20(13-19(18)9-12-35(4,5)6)25(34)31-22-14-21(26(27,28)29)15-23(16-22)33-11-10-30-24(33)17-32(2)3/h7-8,10-11,13-16H,17H2,1-6H3,(H,31,34). The number of nitrogens with one attached hydrogen (secondary N) is 1. The van der Waals surface area contributed by atoms with Gasteiger partial charge in [0.05, 0.1) is 12.1 Å². The normalized spacial score (nSPS) is 11.8. The summed E-state index contributed by atoms with van der Waals surface area (Å²) in [4.78, 5) is 19.1. The van der Waals surface area contributed by atoms with Crippen LogP contribution in [0.5, 0.6) is 0 Å². The first kappa shape index (κ1) is 26.3. The Morgan fingerprint density at radius 2 is 1.86 bits per heavy atom. The lowest BCUT2D eigenvalue weighted by atomic mass is 10.0. The zero-order valence-corrected chi connectivity index (χ0v) is 21.7. The van der Waals surface area contributed by atoms with Gasteiger partial charge >= 0.3 is 6.18 Å². The average Bonchev–Trinajstić information content (AvgIpc) is 3.19. The van der Waals surface area contributed by atoms with Gasteiger partial charge in [-0.1, -0.05) is 31.6 Å². The highest BCUT2D eigenvalue weighted by molar-refractivity contribution is 6.83. The highest BCUT2D eigenvalue weighted by Gasteiger charge is 2.32. The van der Waals surface area contributed by atoms with Gasteiger partial charge in [0.2, 0.25) is 0 Å². The van der Waals surface area contributed by atoms with Gasteiger partial charge in [0.25, 0.3) is 5.91 Å². The maximum atomic E-state index is 13.7. The van der Waals surface area contributed by atoms with Crippen LogP contribution in [0, 0.1) is 18.4 Å². The molecule has 1 amide bonds. The number of aromatic nitrogens is 2. The molecular weight excluding hydrogens is 469 g/mol. The number of hydrogen-bond donors (Lipinski definition) is 1. The van der Waals surface area contributed by atoms with Crippen LogP contribution in [-0.2, 0) is 12.7 Å². The lowest BCUT2D eigenvalue weighted by Crippen LogP contribution is -2.17. The van der Waals surface area contributed by atoms with E-state index in [1.165, 1.54) is 12.3 Å². The molecule has 0 aliphatic carbocycles. The Kier molecular flexibility index (Phi) is 7.58. The molecule has 0 fully saturated rings. The summed E-state index contributed by atoms with van der Waals surface area (Å²) in [6.45, 7) is 8.73. The Balaban J connectivity index is 1.99. The Hall–Kier alpha value is -3.35. The molecule has 1 N–H and O–H groups in total. The second-order valence-electron chi connectivity index (χ2n) is 9.70. The summed E-state index contributed by atoms with van der Waals surface area (Å²) in [6.07, 6.45) is -1.45. The molecule has 2 aromatic carbocycles. The Morgan fingerprint density at radius 1 is 1.14 bits per heavy atom. The van der Waals surface area contributed by atoms with E-state index in [0.29, 0.717) is 17.9 Å². The van der Waals surface area contributed by atoms with Crippen molar-refractivity contribution in [3.05, 3.63) is 76.9 Å². The van der Waals surface area contributed by atoms with Crippen molar-refractivity contribution < 1.29 is 18.0 Å². The molecule has 0 spiro atoms. The fourth-order valence-corrected chi connectivity index (χ4v) is 3.82. The molecule has 1 aromatic heterocycles. The van der Waals surface area contributed by atoms with Crippen LogP contribution in [-0.4, -0.2) is 42.5 Å². The van der Waals surface area contributed by atoms with E-state index in [0.717, 1.165) is 23.3 Å². The van der Waals surface area contributed by atoms with E-state index in [2.05, 4.69) is 41.4 Å². The van der Waals surface area contributed by atoms with Crippen molar-refractivity contribution in [2.24, 2.45) is 0 Å². The SMILES string of the molecule is Cc1ccc(C(=O)Nc2cc(-n3ccnc3CN(C)C)cc(C(F)(F)F)c2)cc1C#C[Si](C)(C)C. The highest BCUT2D eigenvalue weighted by atomic mass is 28.3. The number of hydrogen-bond acceptors (Lipinski definition) is 3. The lowest BCUT2D eigenvalue weighted by Gasteiger charge is -2.16. The molecule has 0 saturated heterocycles. The predicted octanol–water partition coefficient (Wildman–Crippen LogP) is 5.74. The number of imidazole rings is 1. The van der Waals surface area contributed by atoms with E-state index < -0.39 is 25.7 Å². The average molecular weight is 499 g/mol. The number of aryl methyl sites for hydroxylation is 1. The quantitative estimate of drug-likeness (QED) is 0.360. The van der Waals surface area contributed by atoms with Crippen molar-refractivity contribution in [1.29, 1.82) is 0 Å². The maximum absolute atomic E-state index is 13.7. The molecule has 3 aromatic rings. The first-order valence-corrected chi connectivity index (χ1v) is 14.6. The van der Waals surface area contributed by atoms with Gasteiger partial charge in [0.1, 0.15) is 13.9 Å². The van der Waals surface area contributed by atoms with Crippen LogP contribution >= 0.6 is 0 Å². The van der Waals surface area contributed by atoms with Crippen LogP contribution < -0.4 is 5.32 Å². The highest BCUT2D eigenvalue weighted by Crippen LogP contribution is 2.33. The number of alkyl halides is 3. The molecule has 184 valence electrons. The minimum Gasteiger partial charge on any atom is -0.322 e. The second kappa shape index (κ2) is 10.1. The monoisotopic (exact) mass is 498 g/mol. The number of halogens is 3. The molecule has 5 nitrogen and oxygen atoms in total. The molecule has 0 bridgehead atoms. The summed E-state index contributed by atoms with van der Waals surface area (Å²) in [6, 6.07) is 8.60. The number of amides is 1. The van der Waals surface area contributed by atoms with E-state index in [4.69, 9.17) is 0 Å². The Labute approximate surface area is 205 Å². The largest absolute Gasteiger partial charge is 0.416 e. The summed E-state index contributed by atoms with van der Waals surface area (Å²) >= 11 is 0. The van der Waals surface area contributed by atoms with Crippen LogP contribution in [0.4, 0.5) is 18.9 Å². The topological polar surface area (TPSA) is 50.2 Å². The number of rotatable bonds is 5. The Morgan fingerprint density at radius 3 is 2.49 bits per heavy atom. The van der Waals surface area contributed by atoms with E-state index in [-0.39, 0.29) is 11.4 Å². The summed E-state index contributed by atoms with van der Waals surface area (Å²) in [5.41, 5.74) is 4.71. The molecule has 3 rings (SSSR count). The van der Waals surface area contributed by atoms with Crippen LogP contribution in [0.3, 0.4) is 0 Å². The van der Waals surface area contributed by atoms with Gasteiger partial charge in [-0.05, 0) is 56.9 Å². The third-order valence-corrected chi connectivity index (χ3v) is 5.90. The van der Waals surface area contributed by atoms with Gasteiger partial charge in [0.15, 0.2) is 0 Å². The molecule has 0 atom stereocenters. The van der Waals surface area contributed by atoms with Crippen molar-refractivity contribution in [3.8, 4) is 17.2 Å². The van der Waals surface area contributed by atoms with E-state index in [9.17, 15) is 18.0 Å². The van der Waals surface area contributed by atoms with Gasteiger partial charge in [-0.3, -0.25) is 4.79 Å². The van der Waals surface area contributed by atoms with Gasteiger partial charge in [-0.2, -0.15) is 13.2 Å². The van der Waals surface area contributed by atoms with E-state index in [1.807, 2.05) is 25.9 Å². The fraction of sp³-hybridized carbons (Fsp3) is 0.308. The van der Waals surface area contributed by atoms with Gasteiger partial charge in [-0.15, -0.1) is 5.54 Å². The number of benzene rings is 2. The molecule has 0 saturated carbocycles. The Bertz CT molecular complexity index is 1290. The third-order valence-electron chi connectivity index (χ3n) is 5.03. The van der Waals surface area contributed by atoms with Crippen LogP contribution in [0.2, 0.25) is 19.6 Å². The molecular formula is C26H29F3N4OSi. The molecule has 0 aliphatic heterocycles. The molecule has 35 heavy (non-hydrogen) atoms. The van der Waals surface area contributed by atoms with Gasteiger partial charge in [-0.25, -0.2) is 4.98 Å². The number of carbonyl (C=O) groups excluding carboxylic acids is 1. The van der Waals surface area contributed by atoms with Gasteiger partial charge < -0.3 is 14.8 Å². The number of nitrogens with zero attached hydrogens (tertiary/aromatic N) is 3. The van der Waals surface area contributed by atoms with Crippen molar-refractivity contribution in [2.75, 3.05) is 19.4 Å². The molecule has 1 heterocycles. The fourth-order valence-electron chi connectivity index (χ4n) is 3.31. The van der Waals surface area contributed by atoms with Crippen LogP contribution in [0.1, 0.15) is 32.9 Å². The van der Waals surface area contributed by atoms with Crippen LogP contribution in [0.25, 0.3) is 5.69 Å². The number of carbonyl (C=O) groups is 1. The zero-order chi connectivity index (χ0) is 26.0. The molecule has 0 radical (unpaired) electrons. The first-order valence-electron chi connectivity index (χ1n) is 11.1. The first-order chi connectivity index (χ1) is 16.2. The predicted molar refractivity (Wildman–Crippen MR) is 135 cm³/mol. The zero-order valence-electron chi connectivity index (χ0n) is 20.7. The van der Waals surface area contributed by atoms with Crippen molar-refractivity contribution in [2.45, 2.75) is 39.3 Å². The van der Waals surface area contributed by atoms with Crippen molar-refractivity contribution in [3.63, 3.8) is 0 Å².